The Morgan fingerprint density at radius 2 is 2.21 bits per heavy atom. The molecule has 0 aliphatic heterocycles. The van der Waals surface area contributed by atoms with E-state index in [1.54, 1.807) is 25.3 Å². The highest BCUT2D eigenvalue weighted by Gasteiger charge is 2.16. The maximum Gasteiger partial charge on any atom is 0.271 e. The first-order valence-corrected chi connectivity index (χ1v) is 8.05. The van der Waals surface area contributed by atoms with Gasteiger partial charge in [0, 0.05) is 35.4 Å². The van der Waals surface area contributed by atoms with Gasteiger partial charge in [-0.05, 0) is 26.0 Å². The molecule has 0 aliphatic rings. The largest absolute Gasteiger partial charge is 0.370 e. The van der Waals surface area contributed by atoms with E-state index in [0.29, 0.717) is 23.1 Å². The Labute approximate surface area is 120 Å². The van der Waals surface area contributed by atoms with Gasteiger partial charge in [0.2, 0.25) is 0 Å². The van der Waals surface area contributed by atoms with E-state index >= 15 is 0 Å². The van der Waals surface area contributed by atoms with Crippen LogP contribution in [0.4, 0.5) is 5.82 Å². The molecule has 0 saturated heterocycles. The van der Waals surface area contributed by atoms with Crippen molar-refractivity contribution in [3.05, 3.63) is 22.8 Å². The fourth-order valence-corrected chi connectivity index (χ4v) is 2.55. The molecule has 0 aromatic carbocycles. The van der Waals surface area contributed by atoms with Crippen molar-refractivity contribution in [2.75, 3.05) is 23.9 Å². The minimum atomic E-state index is -0.962. The summed E-state index contributed by atoms with van der Waals surface area (Å²) >= 11 is 5.97. The number of rotatable bonds is 6. The third kappa shape index (κ3) is 5.16. The number of pyridine rings is 1. The first kappa shape index (κ1) is 15.9. The average Bonchev–Trinajstić information content (AvgIpc) is 2.30. The fraction of sp³-hybridized carbons (Fsp3) is 0.500. The molecule has 0 aliphatic carbocycles. The number of aromatic nitrogens is 1. The van der Waals surface area contributed by atoms with Crippen LogP contribution in [0.2, 0.25) is 5.02 Å². The number of nitrogens with one attached hydrogen (secondary N) is 2. The van der Waals surface area contributed by atoms with Crippen LogP contribution in [0.3, 0.4) is 0 Å². The molecule has 0 radical (unpaired) electrons. The number of nitrogens with zero attached hydrogens (tertiary/aromatic N) is 1. The molecule has 1 aromatic rings. The van der Waals surface area contributed by atoms with E-state index in [0.717, 1.165) is 0 Å². The molecule has 2 unspecified atom stereocenters. The molecule has 1 aromatic heterocycles. The van der Waals surface area contributed by atoms with Crippen LogP contribution in [0.15, 0.2) is 12.1 Å². The lowest BCUT2D eigenvalue weighted by Crippen LogP contribution is -2.36. The van der Waals surface area contributed by atoms with Gasteiger partial charge in [-0.1, -0.05) is 11.6 Å². The van der Waals surface area contributed by atoms with E-state index in [4.69, 9.17) is 11.6 Å². The van der Waals surface area contributed by atoms with E-state index in [9.17, 15) is 9.00 Å². The van der Waals surface area contributed by atoms with E-state index in [1.165, 1.54) is 0 Å². The lowest BCUT2D eigenvalue weighted by Gasteiger charge is -2.13. The van der Waals surface area contributed by atoms with Gasteiger partial charge in [-0.15, -0.1) is 0 Å². The summed E-state index contributed by atoms with van der Waals surface area (Å²) in [6, 6.07) is 3.15. The summed E-state index contributed by atoms with van der Waals surface area (Å²) in [5.41, 5.74) is 0.175. The van der Waals surface area contributed by atoms with Crippen molar-refractivity contribution in [1.82, 2.24) is 10.3 Å². The summed E-state index contributed by atoms with van der Waals surface area (Å²) in [5, 5.41) is 6.04. The van der Waals surface area contributed by atoms with Crippen molar-refractivity contribution >= 4 is 34.1 Å². The zero-order valence-electron chi connectivity index (χ0n) is 11.2. The van der Waals surface area contributed by atoms with Crippen LogP contribution in [0.5, 0.6) is 0 Å². The number of anilines is 1. The monoisotopic (exact) mass is 303 g/mol. The molecule has 1 amide bonds. The van der Waals surface area contributed by atoms with Gasteiger partial charge >= 0.3 is 0 Å². The molecule has 0 spiro atoms. The van der Waals surface area contributed by atoms with Crippen LogP contribution >= 0.6 is 11.6 Å². The van der Waals surface area contributed by atoms with Crippen molar-refractivity contribution in [3.63, 3.8) is 0 Å². The Bertz CT molecular complexity index is 482. The molecule has 2 N–H and O–H groups in total. The van der Waals surface area contributed by atoms with Gasteiger partial charge in [0.05, 0.1) is 5.02 Å². The minimum Gasteiger partial charge on any atom is -0.370 e. The summed E-state index contributed by atoms with van der Waals surface area (Å²) in [7, 11) is -0.962. The zero-order chi connectivity index (χ0) is 14.4. The Balaban J connectivity index is 2.80. The Morgan fingerprint density at radius 1 is 1.53 bits per heavy atom. The first-order chi connectivity index (χ1) is 8.93. The van der Waals surface area contributed by atoms with Crippen LogP contribution in [0.1, 0.15) is 24.3 Å². The molecule has 2 atom stereocenters. The highest BCUT2D eigenvalue weighted by Crippen LogP contribution is 2.16. The smallest absolute Gasteiger partial charge is 0.271 e. The normalized spacial score (nSPS) is 13.7. The number of halogens is 1. The SMILES string of the molecule is CCNc1ccc(Cl)c(C(=O)NC(C)CS(C)=O)n1. The van der Waals surface area contributed by atoms with Crippen LogP contribution < -0.4 is 10.6 Å². The number of hydrogen-bond donors (Lipinski definition) is 2. The summed E-state index contributed by atoms with van der Waals surface area (Å²) in [4.78, 5) is 16.2. The van der Waals surface area contributed by atoms with E-state index in [1.807, 2.05) is 6.92 Å². The van der Waals surface area contributed by atoms with Gasteiger partial charge in [0.1, 0.15) is 11.5 Å². The minimum absolute atomic E-state index is 0.175. The molecule has 106 valence electrons. The molecule has 1 rings (SSSR count). The second-order valence-corrected chi connectivity index (χ2v) is 6.06. The molecular formula is C12H18ClN3O2S. The topological polar surface area (TPSA) is 71.1 Å². The third-order valence-corrected chi connectivity index (χ3v) is 3.56. The second-order valence-electron chi connectivity index (χ2n) is 4.17. The Hall–Kier alpha value is -1.14. The van der Waals surface area contributed by atoms with E-state index in [2.05, 4.69) is 15.6 Å². The molecule has 1 heterocycles. The quantitative estimate of drug-likeness (QED) is 0.838. The summed E-state index contributed by atoms with van der Waals surface area (Å²) < 4.78 is 11.1. The van der Waals surface area contributed by atoms with Gasteiger partial charge < -0.3 is 10.6 Å². The Morgan fingerprint density at radius 3 is 2.79 bits per heavy atom. The number of carbonyl (C=O) groups excluding carboxylic acids is 1. The lowest BCUT2D eigenvalue weighted by atomic mass is 10.3. The van der Waals surface area contributed by atoms with Gasteiger partial charge in [-0.25, -0.2) is 4.98 Å². The summed E-state index contributed by atoms with van der Waals surface area (Å²) in [6.07, 6.45) is 1.60. The van der Waals surface area contributed by atoms with Crippen molar-refractivity contribution in [3.8, 4) is 0 Å². The maximum absolute atomic E-state index is 12.0. The standard InChI is InChI=1S/C12H18ClN3O2S/c1-4-14-10-6-5-9(13)11(16-10)12(17)15-8(2)7-19(3)18/h5-6,8H,4,7H2,1-3H3,(H,14,16)(H,15,17). The van der Waals surface area contributed by atoms with Crippen molar-refractivity contribution in [1.29, 1.82) is 0 Å². The molecule has 0 bridgehead atoms. The van der Waals surface area contributed by atoms with Crippen LogP contribution in [0.25, 0.3) is 0 Å². The van der Waals surface area contributed by atoms with Gasteiger partial charge in [-0.2, -0.15) is 0 Å². The van der Waals surface area contributed by atoms with Gasteiger partial charge in [0.25, 0.3) is 5.91 Å². The van der Waals surface area contributed by atoms with Crippen molar-refractivity contribution < 1.29 is 9.00 Å². The van der Waals surface area contributed by atoms with Crippen LogP contribution in [-0.2, 0) is 10.8 Å². The molecular weight excluding hydrogens is 286 g/mol. The number of hydrogen-bond acceptors (Lipinski definition) is 4. The highest BCUT2D eigenvalue weighted by molar-refractivity contribution is 7.84. The summed E-state index contributed by atoms with van der Waals surface area (Å²) in [5.74, 6) is 0.641. The van der Waals surface area contributed by atoms with Crippen molar-refractivity contribution in [2.24, 2.45) is 0 Å². The molecule has 19 heavy (non-hydrogen) atoms. The maximum atomic E-state index is 12.0. The fourth-order valence-electron chi connectivity index (χ4n) is 1.57. The number of carbonyl (C=O) groups is 1. The van der Waals surface area contributed by atoms with Crippen LogP contribution in [0, 0.1) is 0 Å². The molecule has 0 saturated carbocycles. The third-order valence-electron chi connectivity index (χ3n) is 2.28. The second kappa shape index (κ2) is 7.45. The molecule has 7 heteroatoms. The average molecular weight is 304 g/mol. The van der Waals surface area contributed by atoms with E-state index in [-0.39, 0.29) is 17.6 Å². The zero-order valence-corrected chi connectivity index (χ0v) is 12.8. The predicted octanol–water partition coefficient (Wildman–Crippen LogP) is 1.66. The van der Waals surface area contributed by atoms with E-state index < -0.39 is 10.8 Å². The lowest BCUT2D eigenvalue weighted by molar-refractivity contribution is 0.0939. The summed E-state index contributed by atoms with van der Waals surface area (Å²) in [6.45, 7) is 4.44. The van der Waals surface area contributed by atoms with Crippen LogP contribution in [-0.4, -0.2) is 39.7 Å². The first-order valence-electron chi connectivity index (χ1n) is 5.95. The Kier molecular flexibility index (Phi) is 6.24. The van der Waals surface area contributed by atoms with Gasteiger partial charge in [-0.3, -0.25) is 9.00 Å². The molecule has 0 fully saturated rings. The predicted molar refractivity (Wildman–Crippen MR) is 79.3 cm³/mol. The number of amides is 1. The van der Waals surface area contributed by atoms with Gasteiger partial charge in [0.15, 0.2) is 0 Å². The molecule has 5 nitrogen and oxygen atoms in total. The highest BCUT2D eigenvalue weighted by atomic mass is 35.5. The van der Waals surface area contributed by atoms with Crippen molar-refractivity contribution in [2.45, 2.75) is 19.9 Å².